The summed E-state index contributed by atoms with van der Waals surface area (Å²) in [7, 11) is 0. The molecule has 0 saturated heterocycles. The molecule has 14 heavy (non-hydrogen) atoms. The van der Waals surface area contributed by atoms with E-state index in [1.54, 1.807) is 0 Å². The van der Waals surface area contributed by atoms with Crippen LogP contribution >= 0.6 is 0 Å². The highest BCUT2D eigenvalue weighted by atomic mass is 19.1. The minimum absolute atomic E-state index is 0.163. The smallest absolute Gasteiger partial charge is 0.123 e. The molecule has 2 rings (SSSR count). The molecular weight excluding hydrogens is 177 g/mol. The van der Waals surface area contributed by atoms with Crippen molar-refractivity contribution in [3.63, 3.8) is 0 Å². The summed E-state index contributed by atoms with van der Waals surface area (Å²) >= 11 is 0. The van der Waals surface area contributed by atoms with Crippen LogP contribution in [-0.2, 0) is 0 Å². The van der Waals surface area contributed by atoms with Crippen LogP contribution in [0.3, 0.4) is 0 Å². The molecule has 0 aliphatic heterocycles. The van der Waals surface area contributed by atoms with Gasteiger partial charge in [0.2, 0.25) is 0 Å². The average molecular weight is 193 g/mol. The first-order valence-electron chi connectivity index (χ1n) is 5.19. The highest BCUT2D eigenvalue weighted by Crippen LogP contribution is 2.38. The van der Waals surface area contributed by atoms with Gasteiger partial charge >= 0.3 is 0 Å². The Kier molecular flexibility index (Phi) is 2.55. The van der Waals surface area contributed by atoms with E-state index < -0.39 is 0 Å². The van der Waals surface area contributed by atoms with Gasteiger partial charge in [-0.3, -0.25) is 0 Å². The Labute approximate surface area is 84.1 Å². The topological polar surface area (TPSA) is 26.0 Å². The van der Waals surface area contributed by atoms with Gasteiger partial charge in [0.25, 0.3) is 0 Å². The van der Waals surface area contributed by atoms with E-state index in [4.69, 9.17) is 5.73 Å². The fraction of sp³-hybridized carbons (Fsp3) is 0.500. The Hall–Kier alpha value is -0.890. The number of halogens is 1. The molecule has 3 atom stereocenters. The van der Waals surface area contributed by atoms with Crippen LogP contribution in [0, 0.1) is 11.7 Å². The minimum atomic E-state index is -0.163. The van der Waals surface area contributed by atoms with Crippen molar-refractivity contribution in [2.45, 2.75) is 31.7 Å². The predicted molar refractivity (Wildman–Crippen MR) is 55.5 cm³/mol. The molecule has 1 saturated carbocycles. The average Bonchev–Trinajstić information content (AvgIpc) is 2.50. The summed E-state index contributed by atoms with van der Waals surface area (Å²) in [5, 5.41) is 0. The van der Waals surface area contributed by atoms with Crippen LogP contribution in [0.1, 0.15) is 31.2 Å². The first-order chi connectivity index (χ1) is 6.68. The van der Waals surface area contributed by atoms with Gasteiger partial charge < -0.3 is 5.73 Å². The lowest BCUT2D eigenvalue weighted by atomic mass is 9.89. The summed E-state index contributed by atoms with van der Waals surface area (Å²) < 4.78 is 12.7. The van der Waals surface area contributed by atoms with Crippen LogP contribution in [0.4, 0.5) is 4.39 Å². The van der Waals surface area contributed by atoms with Crippen LogP contribution in [0.2, 0.25) is 0 Å². The number of rotatable bonds is 1. The minimum Gasteiger partial charge on any atom is -0.327 e. The third-order valence-corrected chi connectivity index (χ3v) is 3.42. The molecule has 1 aliphatic carbocycles. The monoisotopic (exact) mass is 193 g/mol. The van der Waals surface area contributed by atoms with E-state index in [0.29, 0.717) is 17.9 Å². The van der Waals surface area contributed by atoms with Gasteiger partial charge in [-0.1, -0.05) is 19.1 Å². The van der Waals surface area contributed by atoms with Gasteiger partial charge in [0.15, 0.2) is 0 Å². The number of hydrogen-bond donors (Lipinski definition) is 1. The van der Waals surface area contributed by atoms with E-state index in [0.717, 1.165) is 12.8 Å². The number of nitrogens with two attached hydrogens (primary N) is 1. The van der Waals surface area contributed by atoms with Gasteiger partial charge in [-0.05, 0) is 42.4 Å². The van der Waals surface area contributed by atoms with Gasteiger partial charge in [-0.25, -0.2) is 4.39 Å². The van der Waals surface area contributed by atoms with Gasteiger partial charge in [0, 0.05) is 6.04 Å². The summed E-state index contributed by atoms with van der Waals surface area (Å²) in [5.74, 6) is 0.870. The highest BCUT2D eigenvalue weighted by Gasteiger charge is 2.30. The highest BCUT2D eigenvalue weighted by molar-refractivity contribution is 5.22. The third kappa shape index (κ3) is 1.67. The predicted octanol–water partition coefficient (Wildman–Crippen LogP) is 2.67. The molecule has 0 amide bonds. The molecule has 1 fully saturated rings. The van der Waals surface area contributed by atoms with Crippen molar-refractivity contribution in [2.24, 2.45) is 11.7 Å². The molecule has 76 valence electrons. The van der Waals surface area contributed by atoms with E-state index in [1.807, 2.05) is 12.1 Å². The summed E-state index contributed by atoms with van der Waals surface area (Å²) in [6.45, 7) is 2.19. The second kappa shape index (κ2) is 3.70. The molecule has 0 bridgehead atoms. The normalized spacial score (nSPS) is 32.1. The van der Waals surface area contributed by atoms with Gasteiger partial charge in [-0.15, -0.1) is 0 Å². The van der Waals surface area contributed by atoms with E-state index in [2.05, 4.69) is 6.92 Å². The third-order valence-electron chi connectivity index (χ3n) is 3.42. The van der Waals surface area contributed by atoms with Crippen LogP contribution in [0.25, 0.3) is 0 Å². The molecule has 2 N–H and O–H groups in total. The largest absolute Gasteiger partial charge is 0.327 e. The van der Waals surface area contributed by atoms with E-state index in [9.17, 15) is 4.39 Å². The van der Waals surface area contributed by atoms with Gasteiger partial charge in [0.05, 0.1) is 0 Å². The number of hydrogen-bond acceptors (Lipinski definition) is 1. The molecule has 0 spiro atoms. The van der Waals surface area contributed by atoms with Crippen molar-refractivity contribution in [3.8, 4) is 0 Å². The Morgan fingerprint density at radius 1 is 1.21 bits per heavy atom. The Morgan fingerprint density at radius 3 is 2.36 bits per heavy atom. The molecule has 2 heteroatoms. The van der Waals surface area contributed by atoms with Gasteiger partial charge in [-0.2, -0.15) is 0 Å². The molecule has 0 heterocycles. The first-order valence-corrected chi connectivity index (χ1v) is 5.19. The van der Waals surface area contributed by atoms with Crippen LogP contribution in [0.5, 0.6) is 0 Å². The molecule has 0 radical (unpaired) electrons. The maximum absolute atomic E-state index is 12.7. The van der Waals surface area contributed by atoms with Crippen LogP contribution in [0.15, 0.2) is 24.3 Å². The fourth-order valence-corrected chi connectivity index (χ4v) is 2.38. The zero-order chi connectivity index (χ0) is 10.1. The second-order valence-corrected chi connectivity index (χ2v) is 4.26. The SMILES string of the molecule is CC1C(N)CCC1c1ccc(F)cc1. The number of benzene rings is 1. The van der Waals surface area contributed by atoms with E-state index in [1.165, 1.54) is 17.7 Å². The lowest BCUT2D eigenvalue weighted by molar-refractivity contribution is 0.479. The lowest BCUT2D eigenvalue weighted by Gasteiger charge is -2.18. The van der Waals surface area contributed by atoms with Crippen molar-refractivity contribution < 1.29 is 4.39 Å². The standard InChI is InChI=1S/C12H16FN/c1-8-11(6-7-12(8)14)9-2-4-10(13)5-3-9/h2-5,8,11-12H,6-7,14H2,1H3. The summed E-state index contributed by atoms with van der Waals surface area (Å²) in [5.41, 5.74) is 7.19. The maximum atomic E-state index is 12.7. The lowest BCUT2D eigenvalue weighted by Crippen LogP contribution is -2.24. The maximum Gasteiger partial charge on any atom is 0.123 e. The molecule has 1 aromatic carbocycles. The summed E-state index contributed by atoms with van der Waals surface area (Å²) in [6.07, 6.45) is 2.22. The van der Waals surface area contributed by atoms with E-state index >= 15 is 0 Å². The van der Waals surface area contributed by atoms with E-state index in [-0.39, 0.29) is 5.82 Å². The van der Waals surface area contributed by atoms with Crippen LogP contribution < -0.4 is 5.73 Å². The fourth-order valence-electron chi connectivity index (χ4n) is 2.38. The van der Waals surface area contributed by atoms with Crippen molar-refractivity contribution in [1.82, 2.24) is 0 Å². The van der Waals surface area contributed by atoms with Gasteiger partial charge in [0.1, 0.15) is 5.82 Å². The van der Waals surface area contributed by atoms with Crippen molar-refractivity contribution in [1.29, 1.82) is 0 Å². The van der Waals surface area contributed by atoms with Crippen LogP contribution in [-0.4, -0.2) is 6.04 Å². The summed E-state index contributed by atoms with van der Waals surface area (Å²) in [4.78, 5) is 0. The Balaban J connectivity index is 2.19. The summed E-state index contributed by atoms with van der Waals surface area (Å²) in [6, 6.07) is 7.14. The van der Waals surface area contributed by atoms with Crippen molar-refractivity contribution >= 4 is 0 Å². The zero-order valence-corrected chi connectivity index (χ0v) is 8.41. The quantitative estimate of drug-likeness (QED) is 0.729. The Bertz CT molecular complexity index is 307. The van der Waals surface area contributed by atoms with Crippen molar-refractivity contribution in [2.75, 3.05) is 0 Å². The zero-order valence-electron chi connectivity index (χ0n) is 8.41. The molecule has 3 unspecified atom stereocenters. The molecular formula is C12H16FN. The molecule has 1 aromatic rings. The molecule has 1 nitrogen and oxygen atoms in total. The molecule has 1 aliphatic rings. The Morgan fingerprint density at radius 2 is 1.86 bits per heavy atom. The first kappa shape index (κ1) is 9.66. The second-order valence-electron chi connectivity index (χ2n) is 4.26. The van der Waals surface area contributed by atoms with Crippen molar-refractivity contribution in [3.05, 3.63) is 35.6 Å². The molecule has 0 aromatic heterocycles.